The van der Waals surface area contributed by atoms with Gasteiger partial charge in [-0.05, 0) is 30.4 Å². The van der Waals surface area contributed by atoms with Crippen LogP contribution in [0, 0.1) is 0 Å². The normalized spacial score (nSPS) is 13.2. The average Bonchev–Trinajstić information content (AvgIpc) is 3.13. The standard InChI is InChI=1S/C9H9NO2.C2H4O3/c11-9(12)8-5-10-4-3-7(8)6-1-2-6;1-5-2(3)4/h3-6H,1-2H2,(H,11,12);1H3,(H,3,4). The average molecular weight is 239 g/mol. The molecule has 0 unspecified atom stereocenters. The largest absolute Gasteiger partial charge is 0.505 e. The fraction of sp³-hybridized carbons (Fsp3) is 0.364. The van der Waals surface area contributed by atoms with E-state index in [0.717, 1.165) is 25.5 Å². The summed E-state index contributed by atoms with van der Waals surface area (Å²) in [7, 11) is 1.10. The molecular formula is C11H13NO5. The highest BCUT2D eigenvalue weighted by atomic mass is 16.6. The van der Waals surface area contributed by atoms with E-state index in [-0.39, 0.29) is 0 Å². The number of carbonyl (C=O) groups is 2. The molecule has 6 heteroatoms. The molecule has 6 nitrogen and oxygen atoms in total. The summed E-state index contributed by atoms with van der Waals surface area (Å²) in [5.41, 5.74) is 1.30. The molecule has 17 heavy (non-hydrogen) atoms. The molecule has 0 radical (unpaired) electrons. The lowest BCUT2D eigenvalue weighted by Gasteiger charge is -2.01. The van der Waals surface area contributed by atoms with Crippen LogP contribution in [0.4, 0.5) is 4.79 Å². The minimum Gasteiger partial charge on any atom is -0.478 e. The van der Waals surface area contributed by atoms with E-state index in [4.69, 9.17) is 15.0 Å². The number of aromatic carboxylic acids is 1. The third kappa shape index (κ3) is 4.10. The highest BCUT2D eigenvalue weighted by Gasteiger charge is 2.27. The molecule has 1 heterocycles. The lowest BCUT2D eigenvalue weighted by Crippen LogP contribution is -2.01. The van der Waals surface area contributed by atoms with E-state index in [2.05, 4.69) is 9.72 Å². The predicted octanol–water partition coefficient (Wildman–Crippen LogP) is 1.97. The molecule has 92 valence electrons. The van der Waals surface area contributed by atoms with Crippen LogP contribution < -0.4 is 0 Å². The van der Waals surface area contributed by atoms with Crippen molar-refractivity contribution in [3.8, 4) is 0 Å². The van der Waals surface area contributed by atoms with E-state index < -0.39 is 12.1 Å². The van der Waals surface area contributed by atoms with Crippen LogP contribution in [0.3, 0.4) is 0 Å². The molecule has 0 amide bonds. The Kier molecular flexibility index (Phi) is 4.45. The summed E-state index contributed by atoms with van der Waals surface area (Å²) < 4.78 is 3.67. The molecule has 0 atom stereocenters. The molecule has 1 aliphatic rings. The minimum atomic E-state index is -1.25. The number of hydrogen-bond acceptors (Lipinski definition) is 4. The maximum Gasteiger partial charge on any atom is 0.505 e. The summed E-state index contributed by atoms with van der Waals surface area (Å²) in [5.74, 6) is -0.399. The Balaban J connectivity index is 0.000000249. The zero-order valence-corrected chi connectivity index (χ0v) is 9.29. The predicted molar refractivity (Wildman–Crippen MR) is 58.2 cm³/mol. The topological polar surface area (TPSA) is 96.7 Å². The van der Waals surface area contributed by atoms with E-state index in [1.54, 1.807) is 12.3 Å². The van der Waals surface area contributed by atoms with Crippen molar-refractivity contribution in [3.05, 3.63) is 29.6 Å². The monoisotopic (exact) mass is 239 g/mol. The number of rotatable bonds is 2. The first-order valence-electron chi connectivity index (χ1n) is 5.00. The first-order chi connectivity index (χ1) is 8.06. The van der Waals surface area contributed by atoms with Crippen LogP contribution in [-0.4, -0.2) is 34.4 Å². The highest BCUT2D eigenvalue weighted by Crippen LogP contribution is 2.41. The van der Waals surface area contributed by atoms with Crippen LogP contribution in [0.15, 0.2) is 18.5 Å². The van der Waals surface area contributed by atoms with Gasteiger partial charge in [-0.25, -0.2) is 9.59 Å². The Morgan fingerprint density at radius 3 is 2.41 bits per heavy atom. The molecular weight excluding hydrogens is 226 g/mol. The second kappa shape index (κ2) is 5.83. The Hall–Kier alpha value is -2.11. The van der Waals surface area contributed by atoms with Gasteiger partial charge in [0.1, 0.15) is 0 Å². The van der Waals surface area contributed by atoms with Gasteiger partial charge in [-0.3, -0.25) is 4.98 Å². The van der Waals surface area contributed by atoms with Crippen molar-refractivity contribution in [1.29, 1.82) is 0 Å². The smallest absolute Gasteiger partial charge is 0.478 e. The lowest BCUT2D eigenvalue weighted by atomic mass is 10.1. The number of aromatic nitrogens is 1. The summed E-state index contributed by atoms with van der Waals surface area (Å²) in [6, 6.07) is 1.81. The molecule has 2 rings (SSSR count). The fourth-order valence-corrected chi connectivity index (χ4v) is 1.33. The van der Waals surface area contributed by atoms with E-state index in [0.29, 0.717) is 11.5 Å². The third-order valence-corrected chi connectivity index (χ3v) is 2.28. The molecule has 0 aliphatic heterocycles. The lowest BCUT2D eigenvalue weighted by molar-refractivity contribution is 0.0695. The maximum absolute atomic E-state index is 10.7. The SMILES string of the molecule is COC(=O)O.O=C(O)c1cnccc1C1CC1. The molecule has 1 fully saturated rings. The van der Waals surface area contributed by atoms with Crippen LogP contribution in [0.2, 0.25) is 0 Å². The number of nitrogens with zero attached hydrogens (tertiary/aromatic N) is 1. The van der Waals surface area contributed by atoms with Gasteiger partial charge in [-0.2, -0.15) is 0 Å². The first-order valence-corrected chi connectivity index (χ1v) is 5.00. The number of carboxylic acid groups (broad SMARTS) is 2. The van der Waals surface area contributed by atoms with E-state index in [1.807, 2.05) is 0 Å². The van der Waals surface area contributed by atoms with Crippen LogP contribution in [-0.2, 0) is 4.74 Å². The molecule has 0 bridgehead atoms. The Labute approximate surface area is 97.9 Å². The minimum absolute atomic E-state index is 0.361. The summed E-state index contributed by atoms with van der Waals surface area (Å²) in [6.07, 6.45) is 4.06. The van der Waals surface area contributed by atoms with Crippen LogP contribution >= 0.6 is 0 Å². The second-order valence-corrected chi connectivity index (χ2v) is 3.51. The van der Waals surface area contributed by atoms with Crippen LogP contribution in [0.25, 0.3) is 0 Å². The van der Waals surface area contributed by atoms with Crippen molar-refractivity contribution < 1.29 is 24.5 Å². The fourth-order valence-electron chi connectivity index (χ4n) is 1.33. The number of carboxylic acids is 1. The van der Waals surface area contributed by atoms with Gasteiger partial charge in [-0.15, -0.1) is 0 Å². The quantitative estimate of drug-likeness (QED) is 0.766. The molecule has 1 aromatic heterocycles. The number of ether oxygens (including phenoxy) is 1. The Morgan fingerprint density at radius 1 is 1.41 bits per heavy atom. The molecule has 0 aromatic carbocycles. The summed E-state index contributed by atoms with van der Waals surface area (Å²) in [4.78, 5) is 23.7. The van der Waals surface area contributed by atoms with Crippen molar-refractivity contribution in [2.45, 2.75) is 18.8 Å². The van der Waals surface area contributed by atoms with E-state index >= 15 is 0 Å². The van der Waals surface area contributed by atoms with Gasteiger partial charge in [0.05, 0.1) is 12.7 Å². The van der Waals surface area contributed by atoms with Gasteiger partial charge in [0, 0.05) is 12.4 Å². The number of pyridine rings is 1. The van der Waals surface area contributed by atoms with Crippen LogP contribution in [0.5, 0.6) is 0 Å². The summed E-state index contributed by atoms with van der Waals surface area (Å²) in [5, 5.41) is 16.3. The third-order valence-electron chi connectivity index (χ3n) is 2.28. The van der Waals surface area contributed by atoms with Crippen molar-refractivity contribution in [2.24, 2.45) is 0 Å². The zero-order valence-electron chi connectivity index (χ0n) is 9.29. The van der Waals surface area contributed by atoms with E-state index in [9.17, 15) is 4.79 Å². The van der Waals surface area contributed by atoms with Crippen molar-refractivity contribution in [2.75, 3.05) is 7.11 Å². The number of hydrogen-bond donors (Lipinski definition) is 2. The number of methoxy groups -OCH3 is 1. The Bertz CT molecular complexity index is 414. The van der Waals surface area contributed by atoms with Crippen molar-refractivity contribution in [1.82, 2.24) is 4.98 Å². The maximum atomic E-state index is 10.7. The van der Waals surface area contributed by atoms with Crippen LogP contribution in [0.1, 0.15) is 34.7 Å². The molecule has 1 aliphatic carbocycles. The van der Waals surface area contributed by atoms with Gasteiger partial charge < -0.3 is 14.9 Å². The molecule has 0 spiro atoms. The van der Waals surface area contributed by atoms with Gasteiger partial charge in [0.25, 0.3) is 0 Å². The van der Waals surface area contributed by atoms with Gasteiger partial charge in [-0.1, -0.05) is 0 Å². The van der Waals surface area contributed by atoms with Gasteiger partial charge in [0.15, 0.2) is 0 Å². The molecule has 2 N–H and O–H groups in total. The van der Waals surface area contributed by atoms with Gasteiger partial charge in [0.2, 0.25) is 0 Å². The van der Waals surface area contributed by atoms with Crippen molar-refractivity contribution >= 4 is 12.1 Å². The van der Waals surface area contributed by atoms with Crippen molar-refractivity contribution in [3.63, 3.8) is 0 Å². The molecule has 1 aromatic rings. The zero-order chi connectivity index (χ0) is 12.8. The molecule has 1 saturated carbocycles. The summed E-state index contributed by atoms with van der Waals surface area (Å²) >= 11 is 0. The summed E-state index contributed by atoms with van der Waals surface area (Å²) in [6.45, 7) is 0. The Morgan fingerprint density at radius 2 is 2.00 bits per heavy atom. The second-order valence-electron chi connectivity index (χ2n) is 3.51. The van der Waals surface area contributed by atoms with Gasteiger partial charge >= 0.3 is 12.1 Å². The first kappa shape index (κ1) is 13.0. The molecule has 0 saturated heterocycles. The van der Waals surface area contributed by atoms with E-state index in [1.165, 1.54) is 6.20 Å². The highest BCUT2D eigenvalue weighted by molar-refractivity contribution is 5.89.